The summed E-state index contributed by atoms with van der Waals surface area (Å²) in [6.07, 6.45) is 2.66. The van der Waals surface area contributed by atoms with Crippen LogP contribution in [0, 0.1) is 0 Å². The van der Waals surface area contributed by atoms with Crippen LogP contribution in [0.2, 0.25) is 0 Å². The number of Topliss-reactive ketones (excluding diaryl/α,β-unsaturated/α-hetero) is 1. The molecule has 2 atom stereocenters. The number of hydrogen-bond acceptors (Lipinski definition) is 2. The van der Waals surface area contributed by atoms with Crippen molar-refractivity contribution in [2.24, 2.45) is 0 Å². The Labute approximate surface area is 124 Å². The highest BCUT2D eigenvalue weighted by atomic mass is 16.1. The first kappa shape index (κ1) is 12.8. The van der Waals surface area contributed by atoms with Gasteiger partial charge in [0.25, 0.3) is 0 Å². The van der Waals surface area contributed by atoms with Crippen molar-refractivity contribution in [2.45, 2.75) is 50.4 Å². The third-order valence-corrected chi connectivity index (χ3v) is 5.10. The second kappa shape index (κ2) is 4.30. The van der Waals surface area contributed by atoms with Gasteiger partial charge in [0.05, 0.1) is 17.0 Å². The second-order valence-electron chi connectivity index (χ2n) is 7.03. The first-order valence-electron chi connectivity index (χ1n) is 7.75. The summed E-state index contributed by atoms with van der Waals surface area (Å²) in [6, 6.07) is 10.6. The van der Waals surface area contributed by atoms with Crippen molar-refractivity contribution in [1.29, 1.82) is 0 Å². The Hall–Kier alpha value is -1.90. The molecule has 2 aliphatic carbocycles. The van der Waals surface area contributed by atoms with Crippen LogP contribution in [0.4, 0.5) is 0 Å². The topological polar surface area (TPSA) is 45.8 Å². The number of carbonyl (C=O) groups is 1. The molecule has 1 aromatic heterocycles. The van der Waals surface area contributed by atoms with Crippen molar-refractivity contribution in [3.63, 3.8) is 0 Å². The van der Waals surface area contributed by atoms with Crippen LogP contribution in [0.15, 0.2) is 30.3 Å². The van der Waals surface area contributed by atoms with E-state index in [2.05, 4.69) is 48.3 Å². The van der Waals surface area contributed by atoms with Crippen molar-refractivity contribution >= 4 is 5.78 Å². The van der Waals surface area contributed by atoms with E-state index in [1.807, 2.05) is 6.07 Å². The number of ketones is 1. The highest BCUT2D eigenvalue weighted by Gasteiger charge is 2.46. The van der Waals surface area contributed by atoms with Gasteiger partial charge in [-0.25, -0.2) is 0 Å². The lowest BCUT2D eigenvalue weighted by atomic mass is 9.75. The lowest BCUT2D eigenvalue weighted by molar-refractivity contribution is 0.0955. The summed E-state index contributed by atoms with van der Waals surface area (Å²) in [5.74, 6) is 1.20. The standard InChI is InChI=1S/C18H20N2O/c1-18(2)9-8-14(21)15-16(19-20-17(15)18)13-10-12(13)11-6-4-3-5-7-11/h3-7,12-13H,8-10H2,1-2H3,(H,19,20). The Morgan fingerprint density at radius 3 is 2.71 bits per heavy atom. The van der Waals surface area contributed by atoms with Gasteiger partial charge in [-0.15, -0.1) is 0 Å². The molecule has 21 heavy (non-hydrogen) atoms. The molecule has 0 saturated heterocycles. The Bertz CT molecular complexity index is 699. The van der Waals surface area contributed by atoms with Gasteiger partial charge >= 0.3 is 0 Å². The van der Waals surface area contributed by atoms with Crippen molar-refractivity contribution in [1.82, 2.24) is 10.2 Å². The Morgan fingerprint density at radius 2 is 1.95 bits per heavy atom. The van der Waals surface area contributed by atoms with E-state index in [9.17, 15) is 4.79 Å². The maximum absolute atomic E-state index is 12.4. The minimum atomic E-state index is 0.0334. The van der Waals surface area contributed by atoms with Crippen molar-refractivity contribution in [2.75, 3.05) is 0 Å². The van der Waals surface area contributed by atoms with Crippen LogP contribution in [0.25, 0.3) is 0 Å². The molecular weight excluding hydrogens is 260 g/mol. The average molecular weight is 280 g/mol. The number of fused-ring (bicyclic) bond motifs is 1. The molecular formula is C18H20N2O. The van der Waals surface area contributed by atoms with E-state index in [0.29, 0.717) is 18.3 Å². The van der Waals surface area contributed by atoms with E-state index >= 15 is 0 Å². The molecule has 3 heteroatoms. The van der Waals surface area contributed by atoms with E-state index in [0.717, 1.165) is 29.8 Å². The number of hydrogen-bond donors (Lipinski definition) is 1. The molecule has 0 amide bonds. The van der Waals surface area contributed by atoms with Crippen LogP contribution in [0.1, 0.15) is 72.3 Å². The quantitative estimate of drug-likeness (QED) is 0.905. The maximum atomic E-state index is 12.4. The van der Waals surface area contributed by atoms with Gasteiger partial charge in [0.1, 0.15) is 0 Å². The maximum Gasteiger partial charge on any atom is 0.166 e. The monoisotopic (exact) mass is 280 g/mol. The minimum absolute atomic E-state index is 0.0334. The first-order chi connectivity index (χ1) is 10.1. The van der Waals surface area contributed by atoms with Crippen LogP contribution < -0.4 is 0 Å². The van der Waals surface area contributed by atoms with Crippen molar-refractivity contribution in [3.8, 4) is 0 Å². The smallest absolute Gasteiger partial charge is 0.166 e. The lowest BCUT2D eigenvalue weighted by Gasteiger charge is -2.28. The lowest BCUT2D eigenvalue weighted by Crippen LogP contribution is -2.27. The number of rotatable bonds is 2. The van der Waals surface area contributed by atoms with Crippen LogP contribution >= 0.6 is 0 Å². The fraction of sp³-hybridized carbons (Fsp3) is 0.444. The van der Waals surface area contributed by atoms with Crippen LogP contribution in [0.3, 0.4) is 0 Å². The molecule has 1 N–H and O–H groups in total. The van der Waals surface area contributed by atoms with Crippen LogP contribution in [0.5, 0.6) is 0 Å². The number of carbonyl (C=O) groups excluding carboxylic acids is 1. The summed E-state index contributed by atoms with van der Waals surface area (Å²) in [5.41, 5.74) is 4.35. The van der Waals surface area contributed by atoms with E-state index in [-0.39, 0.29) is 11.2 Å². The largest absolute Gasteiger partial charge is 0.294 e. The number of nitrogens with zero attached hydrogens (tertiary/aromatic N) is 1. The first-order valence-corrected chi connectivity index (χ1v) is 7.75. The zero-order valence-electron chi connectivity index (χ0n) is 12.5. The summed E-state index contributed by atoms with van der Waals surface area (Å²) in [4.78, 5) is 12.4. The molecule has 4 rings (SSSR count). The van der Waals surface area contributed by atoms with Crippen molar-refractivity contribution in [3.05, 3.63) is 52.8 Å². The predicted molar refractivity (Wildman–Crippen MR) is 81.7 cm³/mol. The van der Waals surface area contributed by atoms with Crippen LogP contribution in [-0.4, -0.2) is 16.0 Å². The zero-order valence-corrected chi connectivity index (χ0v) is 12.5. The summed E-state index contributed by atoms with van der Waals surface area (Å²) < 4.78 is 0. The summed E-state index contributed by atoms with van der Waals surface area (Å²) in [7, 11) is 0. The summed E-state index contributed by atoms with van der Waals surface area (Å²) >= 11 is 0. The fourth-order valence-corrected chi connectivity index (χ4v) is 3.64. The van der Waals surface area contributed by atoms with Gasteiger partial charge in [0, 0.05) is 17.8 Å². The second-order valence-corrected chi connectivity index (χ2v) is 7.03. The highest BCUT2D eigenvalue weighted by Crippen LogP contribution is 2.56. The van der Waals surface area contributed by atoms with Gasteiger partial charge in [-0.2, -0.15) is 5.10 Å². The van der Waals surface area contributed by atoms with Gasteiger partial charge in [0.15, 0.2) is 5.78 Å². The molecule has 1 saturated carbocycles. The zero-order chi connectivity index (χ0) is 14.6. The Kier molecular flexibility index (Phi) is 2.62. The van der Waals surface area contributed by atoms with Gasteiger partial charge in [-0.05, 0) is 24.3 Å². The molecule has 0 spiro atoms. The van der Waals surface area contributed by atoms with E-state index in [1.165, 1.54) is 5.56 Å². The number of nitrogens with one attached hydrogen (secondary N) is 1. The number of aromatic nitrogens is 2. The fourth-order valence-electron chi connectivity index (χ4n) is 3.64. The third-order valence-electron chi connectivity index (χ3n) is 5.10. The Morgan fingerprint density at radius 1 is 1.19 bits per heavy atom. The van der Waals surface area contributed by atoms with Gasteiger partial charge in [-0.1, -0.05) is 44.2 Å². The molecule has 2 aliphatic rings. The molecule has 0 radical (unpaired) electrons. The summed E-state index contributed by atoms with van der Waals surface area (Å²) in [5, 5.41) is 7.71. The average Bonchev–Trinajstić information content (AvgIpc) is 3.14. The number of aromatic amines is 1. The summed E-state index contributed by atoms with van der Waals surface area (Å²) in [6.45, 7) is 4.39. The molecule has 108 valence electrons. The molecule has 2 aromatic rings. The van der Waals surface area contributed by atoms with E-state index in [1.54, 1.807) is 0 Å². The third kappa shape index (κ3) is 1.95. The molecule has 1 heterocycles. The number of benzene rings is 1. The van der Waals surface area contributed by atoms with Gasteiger partial charge < -0.3 is 0 Å². The molecule has 1 fully saturated rings. The SMILES string of the molecule is CC1(C)CCC(=O)c2c(C3CC3c3ccccc3)n[nH]c21. The van der Waals surface area contributed by atoms with Gasteiger partial charge in [0.2, 0.25) is 0 Å². The molecule has 0 aliphatic heterocycles. The molecule has 0 bridgehead atoms. The normalized spacial score (nSPS) is 26.5. The van der Waals surface area contributed by atoms with E-state index < -0.39 is 0 Å². The molecule has 1 aromatic carbocycles. The highest BCUT2D eigenvalue weighted by molar-refractivity contribution is 6.00. The molecule has 3 nitrogen and oxygen atoms in total. The number of H-pyrrole nitrogens is 1. The van der Waals surface area contributed by atoms with Crippen LogP contribution in [-0.2, 0) is 5.41 Å². The van der Waals surface area contributed by atoms with Gasteiger partial charge in [-0.3, -0.25) is 9.89 Å². The minimum Gasteiger partial charge on any atom is -0.294 e. The molecule has 2 unspecified atom stereocenters. The van der Waals surface area contributed by atoms with E-state index in [4.69, 9.17) is 0 Å². The Balaban J connectivity index is 1.70. The predicted octanol–water partition coefficient (Wildman–Crippen LogP) is 3.93. The van der Waals surface area contributed by atoms with Crippen molar-refractivity contribution < 1.29 is 4.79 Å².